The Morgan fingerprint density at radius 2 is 1.97 bits per heavy atom. The molecule has 0 bridgehead atoms. The van der Waals surface area contributed by atoms with Crippen molar-refractivity contribution < 1.29 is 14.3 Å². The third-order valence-electron chi connectivity index (χ3n) is 5.10. The molecule has 0 saturated heterocycles. The van der Waals surface area contributed by atoms with Gasteiger partial charge in [-0.15, -0.1) is 21.5 Å². The quantitative estimate of drug-likeness (QED) is 0.408. The van der Waals surface area contributed by atoms with Gasteiger partial charge in [-0.3, -0.25) is 4.79 Å². The van der Waals surface area contributed by atoms with Crippen molar-refractivity contribution in [2.75, 3.05) is 17.7 Å². The van der Waals surface area contributed by atoms with Crippen LogP contribution in [0.25, 0.3) is 11.3 Å². The van der Waals surface area contributed by atoms with Crippen LogP contribution in [0.3, 0.4) is 0 Å². The van der Waals surface area contributed by atoms with Crippen molar-refractivity contribution in [1.29, 1.82) is 0 Å². The van der Waals surface area contributed by atoms with Crippen molar-refractivity contribution in [3.05, 3.63) is 65.3 Å². The van der Waals surface area contributed by atoms with E-state index in [0.29, 0.717) is 28.5 Å². The molecule has 1 aliphatic rings. The molecule has 1 atom stereocenters. The van der Waals surface area contributed by atoms with Gasteiger partial charge in [-0.05, 0) is 19.1 Å². The summed E-state index contributed by atoms with van der Waals surface area (Å²) in [5, 5.41) is 14.5. The summed E-state index contributed by atoms with van der Waals surface area (Å²) in [6, 6.07) is 15.7. The summed E-state index contributed by atoms with van der Waals surface area (Å²) in [6.07, 6.45) is -0.365. The number of aryl methyl sites for hydroxylation is 1. The number of thioether (sulfide) groups is 1. The van der Waals surface area contributed by atoms with Crippen LogP contribution in [-0.2, 0) is 11.8 Å². The number of anilines is 1. The normalized spacial score (nSPS) is 14.8. The molecular weight excluding hydrogens is 458 g/mol. The topological polar surface area (TPSA) is 91.2 Å². The van der Waals surface area contributed by atoms with Crippen molar-refractivity contribution >= 4 is 34.1 Å². The van der Waals surface area contributed by atoms with E-state index in [-0.39, 0.29) is 17.8 Å². The van der Waals surface area contributed by atoms with Crippen LogP contribution in [0, 0.1) is 6.92 Å². The van der Waals surface area contributed by atoms with Gasteiger partial charge >= 0.3 is 0 Å². The van der Waals surface area contributed by atoms with E-state index >= 15 is 0 Å². The molecule has 0 saturated carbocycles. The molecule has 8 nitrogen and oxygen atoms in total. The number of thiazole rings is 1. The van der Waals surface area contributed by atoms with E-state index < -0.39 is 0 Å². The molecule has 4 aromatic rings. The van der Waals surface area contributed by atoms with Gasteiger partial charge in [0.05, 0.1) is 11.4 Å². The van der Waals surface area contributed by atoms with E-state index in [1.165, 1.54) is 28.7 Å². The van der Waals surface area contributed by atoms with Crippen molar-refractivity contribution in [2.24, 2.45) is 7.05 Å². The summed E-state index contributed by atoms with van der Waals surface area (Å²) in [5.41, 5.74) is 3.06. The maximum Gasteiger partial charge on any atom is 0.236 e. The number of nitrogens with zero attached hydrogens (tertiary/aromatic N) is 4. The largest absolute Gasteiger partial charge is 0.485 e. The molecule has 1 amide bonds. The molecule has 2 aromatic carbocycles. The third kappa shape index (κ3) is 4.71. The Hall–Kier alpha value is -3.37. The highest BCUT2D eigenvalue weighted by atomic mass is 32.2. The number of ether oxygens (including phenoxy) is 2. The fraction of sp³-hybridized carbons (Fsp3) is 0.217. The first kappa shape index (κ1) is 21.5. The van der Waals surface area contributed by atoms with Gasteiger partial charge in [-0.1, -0.05) is 53.7 Å². The van der Waals surface area contributed by atoms with E-state index in [1.54, 1.807) is 0 Å². The van der Waals surface area contributed by atoms with Crippen molar-refractivity contribution in [1.82, 2.24) is 19.7 Å². The smallest absolute Gasteiger partial charge is 0.236 e. The first-order valence-corrected chi connectivity index (χ1v) is 12.2. The van der Waals surface area contributed by atoms with E-state index in [9.17, 15) is 4.79 Å². The lowest BCUT2D eigenvalue weighted by molar-refractivity contribution is -0.113. The van der Waals surface area contributed by atoms with Gasteiger partial charge in [0.25, 0.3) is 0 Å². The summed E-state index contributed by atoms with van der Waals surface area (Å²) in [6.45, 7) is 2.39. The van der Waals surface area contributed by atoms with Crippen LogP contribution in [0.1, 0.15) is 17.5 Å². The number of hydrogen-bond donors (Lipinski definition) is 1. The second kappa shape index (κ2) is 9.24. The van der Waals surface area contributed by atoms with Gasteiger partial charge in [0.1, 0.15) is 6.61 Å². The van der Waals surface area contributed by atoms with Gasteiger partial charge in [0.15, 0.2) is 33.7 Å². The lowest BCUT2D eigenvalue weighted by Gasteiger charge is -2.25. The summed E-state index contributed by atoms with van der Waals surface area (Å²) in [5.74, 6) is 2.08. The third-order valence-corrected chi connectivity index (χ3v) is 6.87. The molecule has 2 aromatic heterocycles. The molecule has 0 spiro atoms. The first-order valence-electron chi connectivity index (χ1n) is 10.3. The van der Waals surface area contributed by atoms with Crippen LogP contribution in [0.15, 0.2) is 59.1 Å². The van der Waals surface area contributed by atoms with E-state index in [4.69, 9.17) is 9.47 Å². The highest BCUT2D eigenvalue weighted by Gasteiger charge is 2.27. The second-order valence-corrected chi connectivity index (χ2v) is 9.31. The highest BCUT2D eigenvalue weighted by Crippen LogP contribution is 2.35. The van der Waals surface area contributed by atoms with Gasteiger partial charge < -0.3 is 19.4 Å². The highest BCUT2D eigenvalue weighted by molar-refractivity contribution is 7.99. The van der Waals surface area contributed by atoms with Gasteiger partial charge in [0.2, 0.25) is 5.91 Å². The average molecular weight is 480 g/mol. The maximum atomic E-state index is 12.5. The summed E-state index contributed by atoms with van der Waals surface area (Å²) in [7, 11) is 1.86. The molecule has 3 heterocycles. The Morgan fingerprint density at radius 3 is 2.79 bits per heavy atom. The van der Waals surface area contributed by atoms with Crippen molar-refractivity contribution in [2.45, 2.75) is 18.2 Å². The van der Waals surface area contributed by atoms with E-state index in [0.717, 1.165) is 17.0 Å². The number of fused-ring (bicyclic) bond motifs is 1. The number of benzene rings is 2. The monoisotopic (exact) mass is 479 g/mol. The lowest BCUT2D eigenvalue weighted by Crippen LogP contribution is -2.24. The molecule has 0 aliphatic carbocycles. The Labute approximate surface area is 199 Å². The molecular formula is C23H21N5O3S2. The van der Waals surface area contributed by atoms with E-state index in [2.05, 4.69) is 20.5 Å². The molecule has 33 heavy (non-hydrogen) atoms. The molecule has 0 radical (unpaired) electrons. The number of nitrogens with one attached hydrogen (secondary N) is 1. The number of carbonyl (C=O) groups excluding carboxylic acids is 1. The molecule has 1 aliphatic heterocycles. The van der Waals surface area contributed by atoms with Gasteiger partial charge in [0, 0.05) is 18.0 Å². The van der Waals surface area contributed by atoms with Crippen LogP contribution in [0.5, 0.6) is 11.5 Å². The van der Waals surface area contributed by atoms with Gasteiger partial charge in [-0.2, -0.15) is 0 Å². The van der Waals surface area contributed by atoms with Crippen LogP contribution in [0.4, 0.5) is 5.13 Å². The van der Waals surface area contributed by atoms with Crippen molar-refractivity contribution in [3.63, 3.8) is 0 Å². The standard InChI is InChI=1S/C23H21N5O3S2/c1-14-7-9-15(10-8-14)16-12-32-22(24-16)25-20(29)13-33-23-27-26-21(28(23)2)19-11-30-17-5-3-4-6-18(17)31-19/h3-10,12,19H,11,13H2,1-2H3,(H,24,25,29)/t19-/m1/s1. The number of carbonyl (C=O) groups is 1. The number of amides is 1. The molecule has 10 heteroatoms. The zero-order valence-corrected chi connectivity index (χ0v) is 19.7. The lowest BCUT2D eigenvalue weighted by atomic mass is 10.1. The Bertz CT molecular complexity index is 1290. The number of rotatable bonds is 6. The van der Waals surface area contributed by atoms with Crippen LogP contribution < -0.4 is 14.8 Å². The SMILES string of the molecule is Cc1ccc(-c2csc(NC(=O)CSc3nnc([C@H]4COc5ccccc5O4)n3C)n2)cc1. The summed E-state index contributed by atoms with van der Waals surface area (Å²) >= 11 is 2.71. The van der Waals surface area contributed by atoms with Crippen LogP contribution >= 0.6 is 23.1 Å². The van der Waals surface area contributed by atoms with Crippen LogP contribution in [-0.4, -0.2) is 38.0 Å². The average Bonchev–Trinajstić information content (AvgIpc) is 3.44. The second-order valence-electron chi connectivity index (χ2n) is 7.50. The Balaban J connectivity index is 1.18. The van der Waals surface area contributed by atoms with Crippen LogP contribution in [0.2, 0.25) is 0 Å². The van der Waals surface area contributed by atoms with Crippen molar-refractivity contribution in [3.8, 4) is 22.8 Å². The number of hydrogen-bond acceptors (Lipinski definition) is 8. The van der Waals surface area contributed by atoms with E-state index in [1.807, 2.05) is 72.4 Å². The Morgan fingerprint density at radius 1 is 1.18 bits per heavy atom. The maximum absolute atomic E-state index is 12.5. The zero-order chi connectivity index (χ0) is 22.8. The predicted octanol–water partition coefficient (Wildman–Crippen LogP) is 4.49. The first-order chi connectivity index (χ1) is 16.1. The molecule has 0 unspecified atom stereocenters. The summed E-state index contributed by atoms with van der Waals surface area (Å²) < 4.78 is 13.6. The number of aromatic nitrogens is 4. The number of para-hydroxylation sites is 2. The fourth-order valence-electron chi connectivity index (χ4n) is 3.35. The Kier molecular flexibility index (Phi) is 6.01. The zero-order valence-electron chi connectivity index (χ0n) is 18.0. The summed E-state index contributed by atoms with van der Waals surface area (Å²) in [4.78, 5) is 17.0. The minimum atomic E-state index is -0.365. The molecule has 168 valence electrons. The fourth-order valence-corrected chi connectivity index (χ4v) is 4.81. The molecule has 1 N–H and O–H groups in total. The molecule has 0 fully saturated rings. The predicted molar refractivity (Wildman–Crippen MR) is 128 cm³/mol. The van der Waals surface area contributed by atoms with Gasteiger partial charge in [-0.25, -0.2) is 4.98 Å². The molecule has 5 rings (SSSR count). The minimum Gasteiger partial charge on any atom is -0.485 e. The minimum absolute atomic E-state index is 0.152.